The first-order chi connectivity index (χ1) is 13.4. The fourth-order valence-electron chi connectivity index (χ4n) is 4.56. The summed E-state index contributed by atoms with van der Waals surface area (Å²) in [4.78, 5) is 13.2. The quantitative estimate of drug-likeness (QED) is 0.496. The monoisotopic (exact) mass is 376 g/mol. The summed E-state index contributed by atoms with van der Waals surface area (Å²) in [5, 5.41) is 5.54. The molecule has 3 nitrogen and oxygen atoms in total. The average molecular weight is 377 g/mol. The van der Waals surface area contributed by atoms with Crippen molar-refractivity contribution in [2.24, 2.45) is 0 Å². The van der Waals surface area contributed by atoms with Crippen LogP contribution in [-0.4, -0.2) is 9.78 Å². The highest BCUT2D eigenvalue weighted by Gasteiger charge is 2.19. The Bertz CT molecular complexity index is 1030. The van der Waals surface area contributed by atoms with E-state index in [4.69, 9.17) is 5.10 Å². The summed E-state index contributed by atoms with van der Waals surface area (Å²) in [5.41, 5.74) is 7.47. The lowest BCUT2D eigenvalue weighted by Gasteiger charge is -2.22. The van der Waals surface area contributed by atoms with Gasteiger partial charge in [0.05, 0.1) is 16.9 Å². The number of rotatable bonds is 6. The van der Waals surface area contributed by atoms with Crippen LogP contribution in [0.1, 0.15) is 68.0 Å². The van der Waals surface area contributed by atoms with Crippen LogP contribution in [0.5, 0.6) is 0 Å². The van der Waals surface area contributed by atoms with Crippen LogP contribution in [-0.2, 0) is 0 Å². The van der Waals surface area contributed by atoms with Gasteiger partial charge in [-0.2, -0.15) is 5.10 Å². The zero-order chi connectivity index (χ0) is 20.4. The number of aryl methyl sites for hydroxylation is 4. The lowest BCUT2D eigenvalue weighted by Crippen LogP contribution is -2.21. The fraction of sp³-hybridized carbons (Fsp3) is 0.440. The van der Waals surface area contributed by atoms with E-state index in [1.807, 2.05) is 6.92 Å². The van der Waals surface area contributed by atoms with Crippen molar-refractivity contribution in [1.82, 2.24) is 9.78 Å². The maximum absolute atomic E-state index is 13.2. The van der Waals surface area contributed by atoms with Gasteiger partial charge < -0.3 is 0 Å². The molecule has 0 radical (unpaired) electrons. The predicted octanol–water partition coefficient (Wildman–Crippen LogP) is 6.44. The van der Waals surface area contributed by atoms with Crippen molar-refractivity contribution in [3.8, 4) is 11.1 Å². The third kappa shape index (κ3) is 3.63. The highest BCUT2D eigenvalue weighted by atomic mass is 16.1. The highest BCUT2D eigenvalue weighted by molar-refractivity contribution is 5.96. The van der Waals surface area contributed by atoms with E-state index >= 15 is 0 Å². The molecule has 1 aromatic heterocycles. The van der Waals surface area contributed by atoms with E-state index in [1.54, 1.807) is 0 Å². The molecule has 0 fully saturated rings. The first-order valence-electron chi connectivity index (χ1n) is 10.5. The van der Waals surface area contributed by atoms with E-state index in [0.29, 0.717) is 11.7 Å². The second kappa shape index (κ2) is 8.30. The van der Waals surface area contributed by atoms with Gasteiger partial charge in [-0.25, -0.2) is 0 Å². The van der Waals surface area contributed by atoms with Crippen molar-refractivity contribution >= 4 is 10.9 Å². The molecule has 3 aromatic rings. The van der Waals surface area contributed by atoms with E-state index in [2.05, 4.69) is 69.6 Å². The van der Waals surface area contributed by atoms with Gasteiger partial charge in [0, 0.05) is 0 Å². The van der Waals surface area contributed by atoms with E-state index in [0.717, 1.165) is 42.1 Å². The maximum Gasteiger partial charge on any atom is 0.211 e. The molecule has 3 rings (SSSR count). The smallest absolute Gasteiger partial charge is 0.211 e. The Hall–Kier alpha value is -2.42. The molecule has 0 aliphatic heterocycles. The summed E-state index contributed by atoms with van der Waals surface area (Å²) >= 11 is 0. The van der Waals surface area contributed by atoms with Gasteiger partial charge >= 0.3 is 0 Å². The SMILES string of the molecule is CCCC(CCC)n1nc(C)c(=O)c2c(-c3c(C)cc(C)cc3C)cccc21. The largest absolute Gasteiger partial charge is 0.287 e. The van der Waals surface area contributed by atoms with Gasteiger partial charge in [0.15, 0.2) is 0 Å². The van der Waals surface area contributed by atoms with Crippen molar-refractivity contribution in [1.29, 1.82) is 0 Å². The van der Waals surface area contributed by atoms with Crippen molar-refractivity contribution in [2.45, 2.75) is 73.3 Å². The molecule has 1 heterocycles. The van der Waals surface area contributed by atoms with Gasteiger partial charge in [0.25, 0.3) is 0 Å². The topological polar surface area (TPSA) is 34.9 Å². The first-order valence-corrected chi connectivity index (χ1v) is 10.5. The third-order valence-electron chi connectivity index (χ3n) is 5.64. The van der Waals surface area contributed by atoms with Crippen LogP contribution >= 0.6 is 0 Å². The number of nitrogens with zero attached hydrogens (tertiary/aromatic N) is 2. The van der Waals surface area contributed by atoms with E-state index in [9.17, 15) is 4.79 Å². The summed E-state index contributed by atoms with van der Waals surface area (Å²) in [6, 6.07) is 10.9. The summed E-state index contributed by atoms with van der Waals surface area (Å²) in [5.74, 6) is 0. The van der Waals surface area contributed by atoms with Gasteiger partial charge in [0.2, 0.25) is 5.43 Å². The Kier molecular flexibility index (Phi) is 6.02. The lowest BCUT2D eigenvalue weighted by molar-refractivity contribution is 0.396. The van der Waals surface area contributed by atoms with Crippen molar-refractivity contribution in [3.63, 3.8) is 0 Å². The molecule has 0 bridgehead atoms. The van der Waals surface area contributed by atoms with Gasteiger partial charge in [-0.3, -0.25) is 9.48 Å². The zero-order valence-electron chi connectivity index (χ0n) is 18.1. The minimum Gasteiger partial charge on any atom is -0.287 e. The molecular weight excluding hydrogens is 344 g/mol. The molecule has 0 amide bonds. The molecule has 0 saturated carbocycles. The molecule has 148 valence electrons. The van der Waals surface area contributed by atoms with Gasteiger partial charge in [-0.05, 0) is 68.9 Å². The Morgan fingerprint density at radius 2 is 1.57 bits per heavy atom. The molecule has 0 spiro atoms. The second-order valence-electron chi connectivity index (χ2n) is 8.06. The minimum absolute atomic E-state index is 0.0490. The average Bonchev–Trinajstić information content (AvgIpc) is 2.63. The fourth-order valence-corrected chi connectivity index (χ4v) is 4.56. The predicted molar refractivity (Wildman–Crippen MR) is 119 cm³/mol. The number of hydrogen-bond acceptors (Lipinski definition) is 2. The lowest BCUT2D eigenvalue weighted by atomic mass is 9.91. The highest BCUT2D eigenvalue weighted by Crippen LogP contribution is 2.34. The molecule has 0 aliphatic rings. The number of aromatic nitrogens is 2. The molecule has 0 atom stereocenters. The van der Waals surface area contributed by atoms with Gasteiger partial charge in [-0.1, -0.05) is 56.5 Å². The van der Waals surface area contributed by atoms with E-state index in [1.165, 1.54) is 22.3 Å². The van der Waals surface area contributed by atoms with Crippen LogP contribution in [0.2, 0.25) is 0 Å². The van der Waals surface area contributed by atoms with Crippen LogP contribution in [0.4, 0.5) is 0 Å². The molecule has 28 heavy (non-hydrogen) atoms. The van der Waals surface area contributed by atoms with Crippen molar-refractivity contribution < 1.29 is 0 Å². The van der Waals surface area contributed by atoms with Crippen LogP contribution in [0.25, 0.3) is 22.0 Å². The molecule has 0 aliphatic carbocycles. The molecule has 0 unspecified atom stereocenters. The Balaban J connectivity index is 2.38. The molecule has 2 aromatic carbocycles. The second-order valence-corrected chi connectivity index (χ2v) is 8.06. The van der Waals surface area contributed by atoms with Gasteiger partial charge in [-0.15, -0.1) is 0 Å². The Labute approximate surface area is 168 Å². The first kappa shape index (κ1) is 20.3. The number of benzene rings is 2. The minimum atomic E-state index is 0.0490. The summed E-state index contributed by atoms with van der Waals surface area (Å²) in [7, 11) is 0. The van der Waals surface area contributed by atoms with Crippen LogP contribution in [0, 0.1) is 27.7 Å². The summed E-state index contributed by atoms with van der Waals surface area (Å²) in [6.07, 6.45) is 4.36. The maximum atomic E-state index is 13.2. The molecule has 3 heteroatoms. The third-order valence-corrected chi connectivity index (χ3v) is 5.64. The van der Waals surface area contributed by atoms with Crippen LogP contribution < -0.4 is 5.43 Å². The molecule has 0 N–H and O–H groups in total. The molecular formula is C25H32N2O. The number of fused-ring (bicyclic) bond motifs is 1. The summed E-state index contributed by atoms with van der Waals surface area (Å²) in [6.45, 7) is 12.7. The van der Waals surface area contributed by atoms with Crippen LogP contribution in [0.3, 0.4) is 0 Å². The Morgan fingerprint density at radius 1 is 0.964 bits per heavy atom. The standard InChI is InChI=1S/C25H32N2O/c1-7-10-20(11-8-2)27-22-13-9-12-21(24(22)25(28)19(6)26-27)23-17(4)14-16(3)15-18(23)5/h9,12-15,20H,7-8,10-11H2,1-6H3. The van der Waals surface area contributed by atoms with Crippen molar-refractivity contribution in [2.75, 3.05) is 0 Å². The van der Waals surface area contributed by atoms with E-state index < -0.39 is 0 Å². The normalized spacial score (nSPS) is 11.5. The zero-order valence-corrected chi connectivity index (χ0v) is 18.1. The Morgan fingerprint density at radius 3 is 2.14 bits per heavy atom. The van der Waals surface area contributed by atoms with Crippen molar-refractivity contribution in [3.05, 3.63) is 62.9 Å². The molecule has 0 saturated heterocycles. The van der Waals surface area contributed by atoms with Gasteiger partial charge in [0.1, 0.15) is 5.69 Å². The van der Waals surface area contributed by atoms with Crippen LogP contribution in [0.15, 0.2) is 35.1 Å². The van der Waals surface area contributed by atoms with E-state index in [-0.39, 0.29) is 5.43 Å². The number of hydrogen-bond donors (Lipinski definition) is 0. The summed E-state index contributed by atoms with van der Waals surface area (Å²) < 4.78 is 2.13.